The first-order valence-electron chi connectivity index (χ1n) is 8.01. The average Bonchev–Trinajstić information content (AvgIpc) is 2.40. The van der Waals surface area contributed by atoms with Crippen LogP contribution in [0.5, 0.6) is 0 Å². The van der Waals surface area contributed by atoms with Gasteiger partial charge in [-0.3, -0.25) is 0 Å². The van der Waals surface area contributed by atoms with Gasteiger partial charge in [-0.25, -0.2) is 0 Å². The lowest BCUT2D eigenvalue weighted by Crippen LogP contribution is -2.29. The van der Waals surface area contributed by atoms with Crippen molar-refractivity contribution in [1.82, 2.24) is 9.80 Å². The molecule has 0 aliphatic carbocycles. The molecule has 0 aliphatic rings. The number of nitrogens with zero attached hydrogens (tertiary/aromatic N) is 2. The quantitative estimate of drug-likeness (QED) is 0.544. The predicted octanol–water partition coefficient (Wildman–Crippen LogP) is 3.05. The van der Waals surface area contributed by atoms with Crippen LogP contribution in [0.4, 0.5) is 0 Å². The van der Waals surface area contributed by atoms with E-state index in [0.717, 1.165) is 58.5 Å². The normalized spacial score (nSPS) is 11.8. The molecule has 0 N–H and O–H groups in total. The van der Waals surface area contributed by atoms with Gasteiger partial charge in [-0.15, -0.1) is 0 Å². The number of hydrogen-bond acceptors (Lipinski definition) is 3. The lowest BCUT2D eigenvalue weighted by Gasteiger charge is -2.25. The Bertz CT molecular complexity index is 207. The van der Waals surface area contributed by atoms with Crippen LogP contribution in [0.25, 0.3) is 0 Å². The molecule has 0 aromatic heterocycles. The van der Waals surface area contributed by atoms with Crippen molar-refractivity contribution in [2.45, 2.75) is 53.9 Å². The highest BCUT2D eigenvalue weighted by atomic mass is 16.1. The highest BCUT2D eigenvalue weighted by molar-refractivity contribution is 5.75. The van der Waals surface area contributed by atoms with Crippen LogP contribution in [0.3, 0.4) is 0 Å². The predicted molar refractivity (Wildman–Crippen MR) is 83.6 cm³/mol. The molecule has 0 aliphatic heterocycles. The van der Waals surface area contributed by atoms with Crippen molar-refractivity contribution in [1.29, 1.82) is 0 Å². The van der Waals surface area contributed by atoms with Crippen molar-refractivity contribution < 1.29 is 4.79 Å². The van der Waals surface area contributed by atoms with Gasteiger partial charge in [-0.2, -0.15) is 0 Å². The molecule has 0 rings (SSSR count). The van der Waals surface area contributed by atoms with Gasteiger partial charge in [0.2, 0.25) is 0 Å². The summed E-state index contributed by atoms with van der Waals surface area (Å²) in [4.78, 5) is 16.3. The van der Waals surface area contributed by atoms with Gasteiger partial charge in [0, 0.05) is 6.42 Å². The summed E-state index contributed by atoms with van der Waals surface area (Å²) in [6, 6.07) is 0. The summed E-state index contributed by atoms with van der Waals surface area (Å²) < 4.78 is 0. The third kappa shape index (κ3) is 9.17. The van der Waals surface area contributed by atoms with Gasteiger partial charge in [-0.1, -0.05) is 27.7 Å². The lowest BCUT2D eigenvalue weighted by atomic mass is 9.95. The molecular weight excluding hydrogens is 236 g/mol. The first-order chi connectivity index (χ1) is 9.07. The molecule has 114 valence electrons. The minimum atomic E-state index is 0.337. The van der Waals surface area contributed by atoms with Crippen molar-refractivity contribution in [2.24, 2.45) is 5.92 Å². The second-order valence-electron chi connectivity index (χ2n) is 5.40. The number of ketones is 1. The maximum absolute atomic E-state index is 11.4. The zero-order valence-electron chi connectivity index (χ0n) is 13.7. The van der Waals surface area contributed by atoms with Crippen LogP contribution in [0.2, 0.25) is 0 Å². The number of carbonyl (C=O) groups is 1. The maximum Gasteiger partial charge on any atom is 0.130 e. The topological polar surface area (TPSA) is 23.6 Å². The molecule has 3 heteroatoms. The Morgan fingerprint density at radius 3 is 1.47 bits per heavy atom. The van der Waals surface area contributed by atoms with E-state index >= 15 is 0 Å². The van der Waals surface area contributed by atoms with E-state index in [9.17, 15) is 4.79 Å². The Morgan fingerprint density at radius 1 is 0.842 bits per heavy atom. The number of Topliss-reactive ketones (excluding diaryl/α,β-unsaturated/α-hetero) is 1. The summed E-state index contributed by atoms with van der Waals surface area (Å²) in [7, 11) is 0. The Labute approximate surface area is 120 Å². The molecule has 0 spiro atoms. The van der Waals surface area contributed by atoms with Crippen molar-refractivity contribution in [3.8, 4) is 0 Å². The van der Waals surface area contributed by atoms with Crippen molar-refractivity contribution in [3.05, 3.63) is 0 Å². The highest BCUT2D eigenvalue weighted by Crippen LogP contribution is 2.16. The van der Waals surface area contributed by atoms with E-state index in [4.69, 9.17) is 0 Å². The minimum Gasteiger partial charge on any atom is -0.304 e. The van der Waals surface area contributed by atoms with Crippen LogP contribution in [0.15, 0.2) is 0 Å². The van der Waals surface area contributed by atoms with Gasteiger partial charge in [0.05, 0.1) is 0 Å². The van der Waals surface area contributed by atoms with Gasteiger partial charge in [-0.05, 0) is 65.0 Å². The molecular formula is C16H34N2O. The Morgan fingerprint density at radius 2 is 1.21 bits per heavy atom. The van der Waals surface area contributed by atoms with Crippen molar-refractivity contribution in [3.63, 3.8) is 0 Å². The van der Waals surface area contributed by atoms with E-state index in [1.54, 1.807) is 6.92 Å². The zero-order chi connectivity index (χ0) is 14.7. The van der Waals surface area contributed by atoms with Gasteiger partial charge in [0.15, 0.2) is 0 Å². The number of hydrogen-bond donors (Lipinski definition) is 0. The van der Waals surface area contributed by atoms with Crippen LogP contribution in [-0.4, -0.2) is 54.9 Å². The molecule has 0 saturated heterocycles. The summed E-state index contributed by atoms with van der Waals surface area (Å²) in [6.45, 7) is 17.3. The molecule has 0 aromatic rings. The smallest absolute Gasteiger partial charge is 0.130 e. The summed E-state index contributed by atoms with van der Waals surface area (Å²) in [5, 5.41) is 0. The highest BCUT2D eigenvalue weighted by Gasteiger charge is 2.14. The van der Waals surface area contributed by atoms with Gasteiger partial charge < -0.3 is 14.6 Å². The molecule has 0 amide bonds. The maximum atomic E-state index is 11.4. The fourth-order valence-electron chi connectivity index (χ4n) is 2.56. The van der Waals surface area contributed by atoms with Crippen LogP contribution in [0, 0.1) is 5.92 Å². The van der Waals surface area contributed by atoms with E-state index < -0.39 is 0 Å². The first-order valence-corrected chi connectivity index (χ1v) is 8.01. The molecule has 19 heavy (non-hydrogen) atoms. The third-order valence-corrected chi connectivity index (χ3v) is 4.07. The summed E-state index contributed by atoms with van der Waals surface area (Å²) >= 11 is 0. The molecule has 0 bridgehead atoms. The van der Waals surface area contributed by atoms with Gasteiger partial charge in [0.25, 0.3) is 0 Å². The van der Waals surface area contributed by atoms with Crippen molar-refractivity contribution in [2.75, 3.05) is 39.3 Å². The Kier molecular flexibility index (Phi) is 11.2. The van der Waals surface area contributed by atoms with Crippen LogP contribution < -0.4 is 0 Å². The van der Waals surface area contributed by atoms with Gasteiger partial charge in [0.1, 0.15) is 5.78 Å². The molecule has 0 radical (unpaired) electrons. The van der Waals surface area contributed by atoms with E-state index in [1.165, 1.54) is 0 Å². The monoisotopic (exact) mass is 270 g/mol. The van der Waals surface area contributed by atoms with Crippen LogP contribution in [0.1, 0.15) is 53.9 Å². The fraction of sp³-hybridized carbons (Fsp3) is 0.938. The molecule has 0 heterocycles. The van der Waals surface area contributed by atoms with Gasteiger partial charge >= 0.3 is 0 Å². The molecule has 0 unspecified atom stereocenters. The van der Waals surface area contributed by atoms with E-state index in [0.29, 0.717) is 11.7 Å². The third-order valence-electron chi connectivity index (χ3n) is 4.07. The van der Waals surface area contributed by atoms with Crippen molar-refractivity contribution >= 4 is 5.78 Å². The zero-order valence-corrected chi connectivity index (χ0v) is 13.7. The second-order valence-corrected chi connectivity index (χ2v) is 5.40. The fourth-order valence-corrected chi connectivity index (χ4v) is 2.56. The largest absolute Gasteiger partial charge is 0.304 e. The molecule has 0 fully saturated rings. The summed E-state index contributed by atoms with van der Waals surface area (Å²) in [5.74, 6) is 0.891. The Hall–Kier alpha value is -0.410. The molecule has 3 nitrogen and oxygen atoms in total. The summed E-state index contributed by atoms with van der Waals surface area (Å²) in [6.07, 6.45) is 3.06. The SMILES string of the molecule is CCN(CC)CCC(CCN(CC)CC)CC(C)=O. The summed E-state index contributed by atoms with van der Waals surface area (Å²) in [5.41, 5.74) is 0. The number of rotatable bonds is 12. The standard InChI is InChI=1S/C16H34N2O/c1-6-17(7-2)12-10-16(14-15(5)19)11-13-18(8-3)9-4/h16H,6-14H2,1-5H3. The lowest BCUT2D eigenvalue weighted by molar-refractivity contribution is -0.118. The molecule has 0 saturated carbocycles. The van der Waals surface area contributed by atoms with Crippen LogP contribution in [-0.2, 0) is 4.79 Å². The minimum absolute atomic E-state index is 0.337. The molecule has 0 atom stereocenters. The average molecular weight is 270 g/mol. The first kappa shape index (κ1) is 18.6. The van der Waals surface area contributed by atoms with E-state index in [2.05, 4.69) is 37.5 Å². The number of carbonyl (C=O) groups excluding carboxylic acids is 1. The van der Waals surface area contributed by atoms with E-state index in [1.807, 2.05) is 0 Å². The van der Waals surface area contributed by atoms with Crippen LogP contribution >= 0.6 is 0 Å². The Balaban J connectivity index is 4.18. The molecule has 0 aromatic carbocycles. The van der Waals surface area contributed by atoms with E-state index in [-0.39, 0.29) is 0 Å². The second kappa shape index (κ2) is 11.4.